The average Bonchev–Trinajstić information content (AvgIpc) is 3.25. The first kappa shape index (κ1) is 22.3. The minimum atomic E-state index is -1.14. The number of carbonyl (C=O) groups is 3. The van der Waals surface area contributed by atoms with Crippen molar-refractivity contribution in [3.63, 3.8) is 0 Å². The summed E-state index contributed by atoms with van der Waals surface area (Å²) in [7, 11) is 1.46. The molecule has 0 bridgehead atoms. The minimum absolute atomic E-state index is 0.0359. The standard InChI is InChI=1S/C23H15ClN2O6S/c1-31-19-5-3-2-4-17(19)26-21(28)15(20(27)25-23(26)33)11-13-7-9-18(32-13)12-6-8-14(22(29)30)16(24)10-12/h2-11H,1H3,(H,29,30)(H,25,27,33)/b15-11+. The van der Waals surface area contributed by atoms with E-state index in [0.29, 0.717) is 22.8 Å². The molecular weight excluding hydrogens is 468 g/mol. The summed E-state index contributed by atoms with van der Waals surface area (Å²) >= 11 is 11.2. The lowest BCUT2D eigenvalue weighted by Crippen LogP contribution is -2.54. The molecule has 8 nitrogen and oxygen atoms in total. The third-order valence-corrected chi connectivity index (χ3v) is 5.42. The van der Waals surface area contributed by atoms with Crippen molar-refractivity contribution >= 4 is 58.5 Å². The lowest BCUT2D eigenvalue weighted by atomic mass is 10.1. The van der Waals surface area contributed by atoms with Gasteiger partial charge in [-0.1, -0.05) is 29.8 Å². The number of nitrogens with zero attached hydrogens (tertiary/aromatic N) is 1. The Morgan fingerprint density at radius 2 is 1.94 bits per heavy atom. The first-order valence-corrected chi connectivity index (χ1v) is 10.3. The number of halogens is 1. The molecule has 0 atom stereocenters. The highest BCUT2D eigenvalue weighted by Crippen LogP contribution is 2.32. The first-order chi connectivity index (χ1) is 15.8. The predicted molar refractivity (Wildman–Crippen MR) is 125 cm³/mol. The van der Waals surface area contributed by atoms with E-state index in [4.69, 9.17) is 38.1 Å². The van der Waals surface area contributed by atoms with Crippen LogP contribution in [0.4, 0.5) is 5.69 Å². The van der Waals surface area contributed by atoms with E-state index in [-0.39, 0.29) is 27.0 Å². The summed E-state index contributed by atoms with van der Waals surface area (Å²) in [5, 5.41) is 11.6. The quantitative estimate of drug-likeness (QED) is 0.319. The van der Waals surface area contributed by atoms with Crippen LogP contribution in [0.2, 0.25) is 5.02 Å². The molecule has 4 rings (SSSR count). The lowest BCUT2D eigenvalue weighted by molar-refractivity contribution is -0.122. The van der Waals surface area contributed by atoms with Gasteiger partial charge in [0.05, 0.1) is 23.4 Å². The molecule has 0 unspecified atom stereocenters. The molecule has 2 amide bonds. The maximum atomic E-state index is 13.2. The third-order valence-electron chi connectivity index (χ3n) is 4.83. The lowest BCUT2D eigenvalue weighted by Gasteiger charge is -2.29. The van der Waals surface area contributed by atoms with Crippen LogP contribution in [0.3, 0.4) is 0 Å². The number of rotatable bonds is 5. The fraction of sp³-hybridized carbons (Fsp3) is 0.0435. The molecule has 10 heteroatoms. The summed E-state index contributed by atoms with van der Waals surface area (Å²) in [6, 6.07) is 14.3. The number of nitrogens with one attached hydrogen (secondary N) is 1. The van der Waals surface area contributed by atoms with Gasteiger partial charge in [-0.15, -0.1) is 0 Å². The van der Waals surface area contributed by atoms with Crippen molar-refractivity contribution in [2.45, 2.75) is 0 Å². The molecule has 0 spiro atoms. The smallest absolute Gasteiger partial charge is 0.337 e. The van der Waals surface area contributed by atoms with E-state index in [1.54, 1.807) is 42.5 Å². The molecule has 2 heterocycles. The Labute approximate surface area is 198 Å². The van der Waals surface area contributed by atoms with Crippen molar-refractivity contribution in [3.8, 4) is 17.1 Å². The highest BCUT2D eigenvalue weighted by Gasteiger charge is 2.36. The van der Waals surface area contributed by atoms with Crippen molar-refractivity contribution in [1.82, 2.24) is 5.32 Å². The van der Waals surface area contributed by atoms with E-state index < -0.39 is 17.8 Å². The van der Waals surface area contributed by atoms with Gasteiger partial charge in [-0.2, -0.15) is 0 Å². The van der Waals surface area contributed by atoms with Crippen LogP contribution < -0.4 is 15.0 Å². The highest BCUT2D eigenvalue weighted by atomic mass is 35.5. The summed E-state index contributed by atoms with van der Waals surface area (Å²) in [5.74, 6) is -1.43. The normalized spacial score (nSPS) is 15.0. The van der Waals surface area contributed by atoms with Gasteiger partial charge < -0.3 is 14.3 Å². The van der Waals surface area contributed by atoms with Crippen LogP contribution in [-0.2, 0) is 9.59 Å². The van der Waals surface area contributed by atoms with Crippen LogP contribution in [-0.4, -0.2) is 35.1 Å². The minimum Gasteiger partial charge on any atom is -0.495 e. The van der Waals surface area contributed by atoms with Gasteiger partial charge in [-0.05, 0) is 54.7 Å². The summed E-state index contributed by atoms with van der Waals surface area (Å²) in [5.41, 5.74) is 0.695. The van der Waals surface area contributed by atoms with Crippen LogP contribution in [0.15, 0.2) is 64.6 Å². The third kappa shape index (κ3) is 4.23. The van der Waals surface area contributed by atoms with Crippen LogP contribution in [0.5, 0.6) is 5.75 Å². The number of hydrogen-bond donors (Lipinski definition) is 2. The molecule has 1 saturated heterocycles. The van der Waals surface area contributed by atoms with Crippen molar-refractivity contribution in [2.24, 2.45) is 0 Å². The number of amides is 2. The molecule has 166 valence electrons. The van der Waals surface area contributed by atoms with Gasteiger partial charge in [0.25, 0.3) is 11.8 Å². The van der Waals surface area contributed by atoms with Gasteiger partial charge in [0.15, 0.2) is 5.11 Å². The van der Waals surface area contributed by atoms with E-state index in [9.17, 15) is 14.4 Å². The number of carboxylic acids is 1. The molecule has 3 aromatic rings. The SMILES string of the molecule is COc1ccccc1N1C(=O)/C(=C/c2ccc(-c3ccc(C(=O)O)c(Cl)c3)o2)C(=O)NC1=S. The van der Waals surface area contributed by atoms with E-state index in [0.717, 1.165) is 0 Å². The maximum Gasteiger partial charge on any atom is 0.337 e. The van der Waals surface area contributed by atoms with E-state index in [1.807, 2.05) is 0 Å². The van der Waals surface area contributed by atoms with Gasteiger partial charge in [0.2, 0.25) is 0 Å². The van der Waals surface area contributed by atoms with E-state index in [1.165, 1.54) is 30.2 Å². The second kappa shape index (κ2) is 8.89. The molecule has 1 fully saturated rings. The molecule has 2 N–H and O–H groups in total. The fourth-order valence-corrected chi connectivity index (χ4v) is 3.80. The summed E-state index contributed by atoms with van der Waals surface area (Å²) in [6.07, 6.45) is 1.30. The van der Waals surface area contributed by atoms with Gasteiger partial charge in [-0.25, -0.2) is 9.69 Å². The Morgan fingerprint density at radius 1 is 1.18 bits per heavy atom. The molecule has 0 saturated carbocycles. The molecule has 33 heavy (non-hydrogen) atoms. The second-order valence-electron chi connectivity index (χ2n) is 6.83. The molecule has 1 aliphatic rings. The average molecular weight is 483 g/mol. The molecule has 1 aromatic heterocycles. The van der Waals surface area contributed by atoms with E-state index >= 15 is 0 Å². The summed E-state index contributed by atoms with van der Waals surface area (Å²) in [6.45, 7) is 0. The van der Waals surface area contributed by atoms with Crippen LogP contribution in [0.25, 0.3) is 17.4 Å². The zero-order valence-electron chi connectivity index (χ0n) is 17.0. The largest absolute Gasteiger partial charge is 0.495 e. The zero-order valence-corrected chi connectivity index (χ0v) is 18.6. The Balaban J connectivity index is 1.68. The Bertz CT molecular complexity index is 1350. The number of furan rings is 1. The van der Waals surface area contributed by atoms with Crippen LogP contribution in [0.1, 0.15) is 16.1 Å². The number of anilines is 1. The molecule has 0 aliphatic carbocycles. The number of aromatic carboxylic acids is 1. The monoisotopic (exact) mass is 482 g/mol. The summed E-state index contributed by atoms with van der Waals surface area (Å²) in [4.78, 5) is 38.0. The molecular formula is C23H15ClN2O6S. The van der Waals surface area contributed by atoms with E-state index in [2.05, 4.69) is 5.32 Å². The Kier molecular flexibility index (Phi) is 5.99. The molecule has 0 radical (unpaired) electrons. The number of methoxy groups -OCH3 is 1. The van der Waals surface area contributed by atoms with Crippen molar-refractivity contribution in [3.05, 3.63) is 76.5 Å². The number of benzene rings is 2. The van der Waals surface area contributed by atoms with Gasteiger partial charge >= 0.3 is 5.97 Å². The number of carbonyl (C=O) groups excluding carboxylic acids is 2. The first-order valence-electron chi connectivity index (χ1n) is 9.47. The van der Waals surface area contributed by atoms with Crippen LogP contribution in [0, 0.1) is 0 Å². The number of hydrogen-bond acceptors (Lipinski definition) is 6. The van der Waals surface area contributed by atoms with Crippen molar-refractivity contribution < 1.29 is 28.6 Å². The Morgan fingerprint density at radius 3 is 2.64 bits per heavy atom. The fourth-order valence-electron chi connectivity index (χ4n) is 3.26. The van der Waals surface area contributed by atoms with Crippen molar-refractivity contribution in [1.29, 1.82) is 0 Å². The Hall–Kier alpha value is -3.95. The predicted octanol–water partition coefficient (Wildman–Crippen LogP) is 4.14. The maximum absolute atomic E-state index is 13.2. The zero-order chi connectivity index (χ0) is 23.7. The van der Waals surface area contributed by atoms with Crippen LogP contribution >= 0.6 is 23.8 Å². The molecule has 2 aromatic carbocycles. The number of para-hydroxylation sites is 2. The van der Waals surface area contributed by atoms with Gasteiger partial charge in [0, 0.05) is 5.56 Å². The van der Waals surface area contributed by atoms with Crippen molar-refractivity contribution in [2.75, 3.05) is 12.0 Å². The number of thiocarbonyl (C=S) groups is 1. The summed E-state index contributed by atoms with van der Waals surface area (Å²) < 4.78 is 11.1. The number of ether oxygens (including phenoxy) is 1. The highest BCUT2D eigenvalue weighted by molar-refractivity contribution is 7.80. The van der Waals surface area contributed by atoms with Gasteiger partial charge in [-0.3, -0.25) is 14.9 Å². The number of carboxylic acid groups (broad SMARTS) is 1. The topological polar surface area (TPSA) is 109 Å². The van der Waals surface area contributed by atoms with Gasteiger partial charge in [0.1, 0.15) is 22.8 Å². The second-order valence-corrected chi connectivity index (χ2v) is 7.63. The molecule has 1 aliphatic heterocycles.